The van der Waals surface area contributed by atoms with Gasteiger partial charge in [0.05, 0.1) is 13.5 Å². The Morgan fingerprint density at radius 3 is 2.33 bits per heavy atom. The molecule has 0 spiro atoms. The Morgan fingerprint density at radius 1 is 1.07 bits per heavy atom. The predicted octanol–water partition coefficient (Wildman–Crippen LogP) is 4.13. The third-order valence-electron chi connectivity index (χ3n) is 5.02. The minimum atomic E-state index is -0.505. The van der Waals surface area contributed by atoms with E-state index in [1.807, 2.05) is 56.3 Å². The molecule has 2 aromatic rings. The Bertz CT molecular complexity index is 831. The predicted molar refractivity (Wildman–Crippen MR) is 120 cm³/mol. The van der Waals surface area contributed by atoms with Crippen LogP contribution in [0, 0.1) is 12.8 Å². The number of carbonyl (C=O) groups is 2. The molecular formula is C25H34N2O3. The van der Waals surface area contributed by atoms with Gasteiger partial charge in [-0.15, -0.1) is 0 Å². The van der Waals surface area contributed by atoms with Gasteiger partial charge in [0.15, 0.2) is 0 Å². The highest BCUT2D eigenvalue weighted by atomic mass is 16.5. The van der Waals surface area contributed by atoms with E-state index in [2.05, 4.69) is 25.2 Å². The quantitative estimate of drug-likeness (QED) is 0.641. The molecule has 0 unspecified atom stereocenters. The molecule has 30 heavy (non-hydrogen) atoms. The maximum absolute atomic E-state index is 13.3. The number of rotatable bonds is 10. The van der Waals surface area contributed by atoms with E-state index in [1.165, 1.54) is 0 Å². The molecule has 0 bridgehead atoms. The van der Waals surface area contributed by atoms with Gasteiger partial charge in [0.1, 0.15) is 11.8 Å². The van der Waals surface area contributed by atoms with Gasteiger partial charge in [-0.05, 0) is 42.5 Å². The van der Waals surface area contributed by atoms with Crippen molar-refractivity contribution in [1.29, 1.82) is 0 Å². The molecular weight excluding hydrogens is 376 g/mol. The second kappa shape index (κ2) is 11.4. The van der Waals surface area contributed by atoms with Crippen LogP contribution in [0.5, 0.6) is 5.75 Å². The number of carbonyl (C=O) groups excluding carboxylic acids is 2. The summed E-state index contributed by atoms with van der Waals surface area (Å²) >= 11 is 0. The third kappa shape index (κ3) is 6.90. The van der Waals surface area contributed by atoms with Crippen molar-refractivity contribution in [2.45, 2.75) is 53.1 Å². The van der Waals surface area contributed by atoms with Crippen LogP contribution in [0.2, 0.25) is 0 Å². The number of nitrogens with one attached hydrogen (secondary N) is 1. The smallest absolute Gasteiger partial charge is 0.242 e. The van der Waals surface area contributed by atoms with E-state index in [0.29, 0.717) is 25.4 Å². The first-order valence-corrected chi connectivity index (χ1v) is 10.6. The van der Waals surface area contributed by atoms with E-state index in [-0.39, 0.29) is 18.2 Å². The second-order valence-electron chi connectivity index (χ2n) is 8.10. The van der Waals surface area contributed by atoms with Crippen LogP contribution in [-0.4, -0.2) is 36.4 Å². The summed E-state index contributed by atoms with van der Waals surface area (Å²) in [5, 5.41) is 3.00. The van der Waals surface area contributed by atoms with Gasteiger partial charge in [-0.1, -0.05) is 62.7 Å². The number of ether oxygens (including phenoxy) is 1. The summed E-state index contributed by atoms with van der Waals surface area (Å²) in [4.78, 5) is 27.9. The molecule has 0 aromatic heterocycles. The van der Waals surface area contributed by atoms with Gasteiger partial charge < -0.3 is 15.0 Å². The second-order valence-corrected chi connectivity index (χ2v) is 8.10. The van der Waals surface area contributed by atoms with Crippen molar-refractivity contribution in [1.82, 2.24) is 10.2 Å². The summed E-state index contributed by atoms with van der Waals surface area (Å²) in [6.07, 6.45) is 0.799. The number of hydrogen-bond donors (Lipinski definition) is 1. The summed E-state index contributed by atoms with van der Waals surface area (Å²) in [6.45, 7) is 9.09. The zero-order chi connectivity index (χ0) is 22.1. The van der Waals surface area contributed by atoms with E-state index in [0.717, 1.165) is 22.4 Å². The number of aryl methyl sites for hydroxylation is 1. The molecule has 0 fully saturated rings. The van der Waals surface area contributed by atoms with E-state index < -0.39 is 6.04 Å². The van der Waals surface area contributed by atoms with Crippen LogP contribution >= 0.6 is 0 Å². The average molecular weight is 411 g/mol. The van der Waals surface area contributed by atoms with Gasteiger partial charge in [0.25, 0.3) is 0 Å². The van der Waals surface area contributed by atoms with Crippen LogP contribution in [0.3, 0.4) is 0 Å². The highest BCUT2D eigenvalue weighted by Gasteiger charge is 2.28. The van der Waals surface area contributed by atoms with Crippen LogP contribution in [0.1, 0.15) is 43.9 Å². The lowest BCUT2D eigenvalue weighted by Gasteiger charge is -2.31. The van der Waals surface area contributed by atoms with Crippen molar-refractivity contribution in [2.75, 3.05) is 13.7 Å². The molecule has 0 aliphatic carbocycles. The third-order valence-corrected chi connectivity index (χ3v) is 5.02. The summed E-state index contributed by atoms with van der Waals surface area (Å²) in [5.41, 5.74) is 3.05. The maximum atomic E-state index is 13.3. The molecule has 0 radical (unpaired) electrons. The topological polar surface area (TPSA) is 58.6 Å². The highest BCUT2D eigenvalue weighted by molar-refractivity contribution is 5.88. The summed E-state index contributed by atoms with van der Waals surface area (Å²) in [7, 11) is 1.62. The normalized spacial score (nSPS) is 11.8. The van der Waals surface area contributed by atoms with Crippen molar-refractivity contribution in [2.24, 2.45) is 5.92 Å². The number of nitrogens with zero attached hydrogens (tertiary/aromatic N) is 1. The maximum Gasteiger partial charge on any atom is 0.242 e. The SMILES string of the molecule is CC[C@H](C(=O)NCC(C)C)N(Cc1cccc(C)c1)C(=O)Cc1ccc(OC)cc1. The molecule has 0 aliphatic rings. The van der Waals surface area contributed by atoms with E-state index in [4.69, 9.17) is 4.74 Å². The number of methoxy groups -OCH3 is 1. The van der Waals surface area contributed by atoms with Crippen LogP contribution in [0.15, 0.2) is 48.5 Å². The zero-order valence-electron chi connectivity index (χ0n) is 18.8. The van der Waals surface area contributed by atoms with E-state index >= 15 is 0 Å². The molecule has 2 aromatic carbocycles. The van der Waals surface area contributed by atoms with E-state index in [9.17, 15) is 9.59 Å². The number of amides is 2. The molecule has 1 N–H and O–H groups in total. The van der Waals surface area contributed by atoms with Crippen LogP contribution in [-0.2, 0) is 22.6 Å². The van der Waals surface area contributed by atoms with Crippen molar-refractivity contribution >= 4 is 11.8 Å². The van der Waals surface area contributed by atoms with Crippen molar-refractivity contribution in [3.05, 3.63) is 65.2 Å². The molecule has 0 saturated heterocycles. The van der Waals surface area contributed by atoms with Crippen LogP contribution in [0.4, 0.5) is 0 Å². The highest BCUT2D eigenvalue weighted by Crippen LogP contribution is 2.17. The first-order chi connectivity index (χ1) is 14.3. The summed E-state index contributed by atoms with van der Waals surface area (Å²) in [5.74, 6) is 0.948. The zero-order valence-corrected chi connectivity index (χ0v) is 18.8. The van der Waals surface area contributed by atoms with E-state index in [1.54, 1.807) is 12.0 Å². The minimum absolute atomic E-state index is 0.0618. The molecule has 0 saturated carbocycles. The molecule has 2 rings (SSSR count). The first kappa shape index (κ1) is 23.5. The lowest BCUT2D eigenvalue weighted by atomic mass is 10.1. The Kier molecular flexibility index (Phi) is 8.90. The Labute approximate surface area is 180 Å². The van der Waals surface area contributed by atoms with Gasteiger partial charge in [0.2, 0.25) is 11.8 Å². The Balaban J connectivity index is 2.25. The van der Waals surface area contributed by atoms with Gasteiger partial charge in [-0.2, -0.15) is 0 Å². The fourth-order valence-corrected chi connectivity index (χ4v) is 3.37. The fourth-order valence-electron chi connectivity index (χ4n) is 3.37. The van der Waals surface area contributed by atoms with Gasteiger partial charge in [-0.3, -0.25) is 9.59 Å². The molecule has 2 amide bonds. The lowest BCUT2D eigenvalue weighted by Crippen LogP contribution is -2.50. The van der Waals surface area contributed by atoms with Crippen LogP contribution < -0.4 is 10.1 Å². The molecule has 0 heterocycles. The lowest BCUT2D eigenvalue weighted by molar-refractivity contribution is -0.141. The van der Waals surface area contributed by atoms with Crippen molar-refractivity contribution in [3.8, 4) is 5.75 Å². The molecule has 1 atom stereocenters. The molecule has 0 aliphatic heterocycles. The Hall–Kier alpha value is -2.82. The van der Waals surface area contributed by atoms with Crippen LogP contribution in [0.25, 0.3) is 0 Å². The van der Waals surface area contributed by atoms with Gasteiger partial charge in [0, 0.05) is 13.1 Å². The molecule has 162 valence electrons. The summed E-state index contributed by atoms with van der Waals surface area (Å²) < 4.78 is 5.20. The van der Waals surface area contributed by atoms with Crippen molar-refractivity contribution in [3.63, 3.8) is 0 Å². The fraction of sp³-hybridized carbons (Fsp3) is 0.440. The average Bonchev–Trinajstić information content (AvgIpc) is 2.72. The van der Waals surface area contributed by atoms with Gasteiger partial charge >= 0.3 is 0 Å². The van der Waals surface area contributed by atoms with Crippen molar-refractivity contribution < 1.29 is 14.3 Å². The largest absolute Gasteiger partial charge is 0.497 e. The molecule has 5 heteroatoms. The minimum Gasteiger partial charge on any atom is -0.497 e. The Morgan fingerprint density at radius 2 is 1.77 bits per heavy atom. The monoisotopic (exact) mass is 410 g/mol. The van der Waals surface area contributed by atoms with Gasteiger partial charge in [-0.25, -0.2) is 0 Å². The summed E-state index contributed by atoms with van der Waals surface area (Å²) in [6, 6.07) is 15.0. The first-order valence-electron chi connectivity index (χ1n) is 10.6. The number of hydrogen-bond acceptors (Lipinski definition) is 3. The number of benzene rings is 2. The standard InChI is InChI=1S/C25H34N2O3/c1-6-23(25(29)26-16-18(2)3)27(17-21-9-7-8-19(4)14-21)24(28)15-20-10-12-22(30-5)13-11-20/h7-14,18,23H,6,15-17H2,1-5H3,(H,26,29)/t23-/m1/s1. The molecule has 5 nitrogen and oxygen atoms in total.